The van der Waals surface area contributed by atoms with Crippen LogP contribution in [0.2, 0.25) is 0 Å². The van der Waals surface area contributed by atoms with Crippen LogP contribution in [0.5, 0.6) is 0 Å². The van der Waals surface area contributed by atoms with Crippen molar-refractivity contribution in [1.29, 1.82) is 0 Å². The third kappa shape index (κ3) is 2.97. The van der Waals surface area contributed by atoms with Gasteiger partial charge >= 0.3 is 0 Å². The zero-order valence-electron chi connectivity index (χ0n) is 9.79. The van der Waals surface area contributed by atoms with Gasteiger partial charge in [0, 0.05) is 12.8 Å². The lowest BCUT2D eigenvalue weighted by atomic mass is 10.3. The van der Waals surface area contributed by atoms with E-state index in [1.807, 2.05) is 0 Å². The summed E-state index contributed by atoms with van der Waals surface area (Å²) in [5.74, 6) is 0. The van der Waals surface area contributed by atoms with Gasteiger partial charge in [0.1, 0.15) is 5.69 Å². The average molecular weight is 334 g/mol. The highest BCUT2D eigenvalue weighted by Gasteiger charge is 2.19. The van der Waals surface area contributed by atoms with Gasteiger partial charge in [-0.25, -0.2) is 0 Å². The zero-order chi connectivity index (χ0) is 11.4. The quantitative estimate of drug-likeness (QED) is 0.608. The van der Waals surface area contributed by atoms with Crippen molar-refractivity contribution in [2.24, 2.45) is 0 Å². The highest BCUT2D eigenvalue weighted by Crippen LogP contribution is 2.29. The molecule has 0 unspecified atom stereocenters. The topological polar surface area (TPSA) is 27.1 Å². The van der Waals surface area contributed by atoms with Gasteiger partial charge in [-0.1, -0.05) is 19.8 Å². The minimum Gasteiger partial charge on any atom is -0.375 e. The lowest BCUT2D eigenvalue weighted by Gasteiger charge is -2.08. The van der Waals surface area contributed by atoms with Crippen molar-refractivity contribution in [3.8, 4) is 0 Å². The van der Waals surface area contributed by atoms with Gasteiger partial charge in [0.15, 0.2) is 0 Å². The molecule has 0 bridgehead atoms. The Hall–Kier alpha value is -0.100. The van der Waals surface area contributed by atoms with E-state index in [1.165, 1.54) is 29.3 Å². The van der Waals surface area contributed by atoms with Crippen molar-refractivity contribution < 1.29 is 4.74 Å². The molecule has 1 aromatic rings. The van der Waals surface area contributed by atoms with E-state index in [0.29, 0.717) is 12.6 Å². The van der Waals surface area contributed by atoms with Gasteiger partial charge < -0.3 is 4.74 Å². The van der Waals surface area contributed by atoms with Gasteiger partial charge in [0.05, 0.1) is 16.2 Å². The molecule has 1 fully saturated rings. The van der Waals surface area contributed by atoms with Crippen LogP contribution in [0.15, 0.2) is 6.20 Å². The molecule has 1 heterocycles. The predicted octanol–water partition coefficient (Wildman–Crippen LogP) is 3.53. The fraction of sp³-hybridized carbons (Fsp3) is 0.750. The molecule has 0 aliphatic heterocycles. The number of rotatable bonds is 5. The van der Waals surface area contributed by atoms with E-state index < -0.39 is 0 Å². The van der Waals surface area contributed by atoms with Crippen molar-refractivity contribution in [2.75, 3.05) is 6.61 Å². The molecule has 2 rings (SSSR count). The second kappa shape index (κ2) is 6.00. The first kappa shape index (κ1) is 12.4. The summed E-state index contributed by atoms with van der Waals surface area (Å²) < 4.78 is 8.93. The summed E-state index contributed by atoms with van der Waals surface area (Å²) in [4.78, 5) is 0. The summed E-state index contributed by atoms with van der Waals surface area (Å²) in [6.45, 7) is 3.61. The minimum atomic E-state index is 0.633. The molecular weight excluding hydrogens is 315 g/mol. The second-order valence-corrected chi connectivity index (χ2v) is 5.56. The van der Waals surface area contributed by atoms with Gasteiger partial charge in [0.25, 0.3) is 0 Å². The number of hydrogen-bond acceptors (Lipinski definition) is 2. The van der Waals surface area contributed by atoms with Crippen molar-refractivity contribution >= 4 is 22.6 Å². The summed E-state index contributed by atoms with van der Waals surface area (Å²) in [6, 6.07) is 0.633. The van der Waals surface area contributed by atoms with Crippen molar-refractivity contribution in [3.63, 3.8) is 0 Å². The molecule has 0 amide bonds. The second-order valence-electron chi connectivity index (χ2n) is 4.39. The fourth-order valence-electron chi connectivity index (χ4n) is 2.17. The molecule has 0 saturated heterocycles. The van der Waals surface area contributed by atoms with Crippen LogP contribution in [0.25, 0.3) is 0 Å². The fourth-order valence-corrected chi connectivity index (χ4v) is 2.72. The van der Waals surface area contributed by atoms with Gasteiger partial charge in [-0.3, -0.25) is 4.68 Å². The largest absolute Gasteiger partial charge is 0.375 e. The van der Waals surface area contributed by atoms with E-state index in [0.717, 1.165) is 18.7 Å². The Morgan fingerprint density at radius 3 is 2.94 bits per heavy atom. The number of nitrogens with zero attached hydrogens (tertiary/aromatic N) is 2. The van der Waals surface area contributed by atoms with Gasteiger partial charge in [0.2, 0.25) is 0 Å². The predicted molar refractivity (Wildman–Crippen MR) is 72.4 cm³/mol. The molecule has 1 saturated carbocycles. The number of hydrogen-bond donors (Lipinski definition) is 0. The average Bonchev–Trinajstić information content (AvgIpc) is 2.88. The van der Waals surface area contributed by atoms with Crippen LogP contribution in [0.1, 0.15) is 50.8 Å². The highest BCUT2D eigenvalue weighted by molar-refractivity contribution is 14.1. The Bertz CT molecular complexity index is 332. The van der Waals surface area contributed by atoms with Crippen LogP contribution in [-0.2, 0) is 11.3 Å². The summed E-state index contributed by atoms with van der Waals surface area (Å²) in [6.07, 6.45) is 8.51. The first-order valence-electron chi connectivity index (χ1n) is 6.12. The van der Waals surface area contributed by atoms with Gasteiger partial charge in [-0.2, -0.15) is 5.10 Å². The standard InChI is InChI=1S/C12H19IN2O/c1-2-7-16-9-12-11(13)8-15(14-12)10-5-3-4-6-10/h8,10H,2-7,9H2,1H3. The molecule has 0 spiro atoms. The molecule has 0 N–H and O–H groups in total. The van der Waals surface area contributed by atoms with Gasteiger partial charge in [-0.15, -0.1) is 0 Å². The molecule has 1 aromatic heterocycles. The summed E-state index contributed by atoms with van der Waals surface area (Å²) in [7, 11) is 0. The molecule has 1 aliphatic carbocycles. The van der Waals surface area contributed by atoms with Crippen LogP contribution in [-0.4, -0.2) is 16.4 Å². The summed E-state index contributed by atoms with van der Waals surface area (Å²) >= 11 is 2.36. The summed E-state index contributed by atoms with van der Waals surface area (Å²) in [5.41, 5.74) is 1.10. The molecule has 4 heteroatoms. The van der Waals surface area contributed by atoms with Crippen LogP contribution in [0, 0.1) is 3.57 Å². The maximum Gasteiger partial charge on any atom is 0.101 e. The highest BCUT2D eigenvalue weighted by atomic mass is 127. The van der Waals surface area contributed by atoms with Crippen molar-refractivity contribution in [2.45, 2.75) is 51.7 Å². The third-order valence-corrected chi connectivity index (χ3v) is 3.94. The van der Waals surface area contributed by atoms with E-state index in [4.69, 9.17) is 4.74 Å². The molecule has 3 nitrogen and oxygen atoms in total. The SMILES string of the molecule is CCCOCc1nn(C2CCCC2)cc1I. The normalized spacial score (nSPS) is 17.1. The van der Waals surface area contributed by atoms with Gasteiger partial charge in [-0.05, 0) is 41.9 Å². The Balaban J connectivity index is 1.97. The van der Waals surface area contributed by atoms with Crippen molar-refractivity contribution in [3.05, 3.63) is 15.5 Å². The smallest absolute Gasteiger partial charge is 0.101 e. The molecule has 0 aromatic carbocycles. The maximum atomic E-state index is 5.55. The first-order valence-corrected chi connectivity index (χ1v) is 7.20. The molecule has 90 valence electrons. The summed E-state index contributed by atoms with van der Waals surface area (Å²) in [5, 5.41) is 4.65. The molecule has 0 atom stereocenters. The Labute approximate surface area is 111 Å². The minimum absolute atomic E-state index is 0.633. The molecule has 16 heavy (non-hydrogen) atoms. The molecular formula is C12H19IN2O. The lowest BCUT2D eigenvalue weighted by molar-refractivity contribution is 0.117. The zero-order valence-corrected chi connectivity index (χ0v) is 11.9. The number of ether oxygens (including phenoxy) is 1. The maximum absolute atomic E-state index is 5.55. The van der Waals surface area contributed by atoms with E-state index in [9.17, 15) is 0 Å². The Kier molecular flexibility index (Phi) is 4.64. The van der Waals surface area contributed by atoms with E-state index in [2.05, 4.69) is 45.5 Å². The third-order valence-electron chi connectivity index (χ3n) is 3.04. The molecule has 1 aliphatic rings. The number of halogens is 1. The van der Waals surface area contributed by atoms with E-state index in [-0.39, 0.29) is 0 Å². The monoisotopic (exact) mass is 334 g/mol. The van der Waals surface area contributed by atoms with Crippen LogP contribution in [0.4, 0.5) is 0 Å². The van der Waals surface area contributed by atoms with Crippen LogP contribution < -0.4 is 0 Å². The van der Waals surface area contributed by atoms with Crippen molar-refractivity contribution in [1.82, 2.24) is 9.78 Å². The molecule has 0 radical (unpaired) electrons. The number of aromatic nitrogens is 2. The van der Waals surface area contributed by atoms with E-state index in [1.54, 1.807) is 0 Å². The Morgan fingerprint density at radius 1 is 1.50 bits per heavy atom. The first-order chi connectivity index (χ1) is 7.81. The van der Waals surface area contributed by atoms with Crippen LogP contribution in [0.3, 0.4) is 0 Å². The van der Waals surface area contributed by atoms with Crippen LogP contribution >= 0.6 is 22.6 Å². The lowest BCUT2D eigenvalue weighted by Crippen LogP contribution is -2.06. The van der Waals surface area contributed by atoms with E-state index >= 15 is 0 Å². The Morgan fingerprint density at radius 2 is 2.25 bits per heavy atom.